The molecule has 1 aromatic carbocycles. The third kappa shape index (κ3) is 2.96. The maximum atomic E-state index is 6.21. The van der Waals surface area contributed by atoms with E-state index < -0.39 is 0 Å². The predicted molar refractivity (Wildman–Crippen MR) is 73.1 cm³/mol. The minimum Gasteiger partial charge on any atom is -0.497 e. The Bertz CT molecular complexity index is 392. The summed E-state index contributed by atoms with van der Waals surface area (Å²) in [5.41, 5.74) is 7.31. The number of unbranched alkanes of at least 4 members (excludes halogenated alkanes) is 2. The third-order valence-electron chi connectivity index (χ3n) is 3.56. The van der Waals surface area contributed by atoms with Gasteiger partial charge in [0, 0.05) is 24.1 Å². The summed E-state index contributed by atoms with van der Waals surface area (Å²) in [4.78, 5) is 0. The molecular weight excluding hydrogens is 226 g/mol. The molecule has 0 amide bonds. The molecule has 1 aliphatic rings. The zero-order valence-electron chi connectivity index (χ0n) is 11.3. The van der Waals surface area contributed by atoms with E-state index >= 15 is 0 Å². The van der Waals surface area contributed by atoms with Crippen molar-refractivity contribution in [1.82, 2.24) is 0 Å². The Morgan fingerprint density at radius 1 is 1.39 bits per heavy atom. The average molecular weight is 249 g/mol. The van der Waals surface area contributed by atoms with Gasteiger partial charge >= 0.3 is 0 Å². The minimum atomic E-state index is 0.0892. The zero-order chi connectivity index (χ0) is 13.0. The molecule has 1 aromatic rings. The zero-order valence-corrected chi connectivity index (χ0v) is 11.3. The van der Waals surface area contributed by atoms with Crippen LogP contribution in [0.3, 0.4) is 0 Å². The van der Waals surface area contributed by atoms with Gasteiger partial charge in [0.05, 0.1) is 7.11 Å². The van der Waals surface area contributed by atoms with Gasteiger partial charge in [0.1, 0.15) is 17.6 Å². The van der Waals surface area contributed by atoms with Crippen LogP contribution in [0, 0.1) is 0 Å². The number of benzene rings is 1. The lowest BCUT2D eigenvalue weighted by Gasteiger charge is -2.30. The predicted octanol–water partition coefficient (Wildman–Crippen LogP) is 3.43. The molecule has 0 aromatic heterocycles. The van der Waals surface area contributed by atoms with Gasteiger partial charge in [-0.1, -0.05) is 25.8 Å². The molecule has 2 N–H and O–H groups in total. The van der Waals surface area contributed by atoms with Crippen LogP contribution in [0.15, 0.2) is 18.2 Å². The van der Waals surface area contributed by atoms with E-state index in [2.05, 4.69) is 6.92 Å². The van der Waals surface area contributed by atoms with E-state index in [1.165, 1.54) is 19.3 Å². The van der Waals surface area contributed by atoms with E-state index in [0.717, 1.165) is 29.9 Å². The van der Waals surface area contributed by atoms with Gasteiger partial charge in [0.15, 0.2) is 0 Å². The number of ether oxygens (including phenoxy) is 2. The Hall–Kier alpha value is -1.22. The first kappa shape index (κ1) is 13.2. The Morgan fingerprint density at radius 3 is 2.94 bits per heavy atom. The Labute approximate surface area is 109 Å². The van der Waals surface area contributed by atoms with Crippen LogP contribution in [-0.4, -0.2) is 13.2 Å². The summed E-state index contributed by atoms with van der Waals surface area (Å²) in [6, 6.07) is 5.99. The molecule has 2 atom stereocenters. The summed E-state index contributed by atoms with van der Waals surface area (Å²) in [6.07, 6.45) is 5.99. The van der Waals surface area contributed by atoms with Crippen LogP contribution in [0.25, 0.3) is 0 Å². The molecule has 18 heavy (non-hydrogen) atoms. The third-order valence-corrected chi connectivity index (χ3v) is 3.56. The summed E-state index contributed by atoms with van der Waals surface area (Å²) >= 11 is 0. The molecule has 0 aliphatic carbocycles. The molecule has 3 nitrogen and oxygen atoms in total. The number of rotatable bonds is 5. The van der Waals surface area contributed by atoms with Crippen molar-refractivity contribution in [3.05, 3.63) is 23.8 Å². The average Bonchev–Trinajstić information content (AvgIpc) is 2.38. The van der Waals surface area contributed by atoms with Crippen LogP contribution in [0.4, 0.5) is 0 Å². The smallest absolute Gasteiger partial charge is 0.128 e. The van der Waals surface area contributed by atoms with Crippen LogP contribution in [0.5, 0.6) is 11.5 Å². The highest BCUT2D eigenvalue weighted by molar-refractivity contribution is 5.43. The standard InChI is InChI=1S/C15H23NO2/c1-3-4-5-6-12-9-14(16)13-8-7-11(17-2)10-15(13)18-12/h7-8,10,12,14H,3-6,9,16H2,1-2H3. The van der Waals surface area contributed by atoms with E-state index in [-0.39, 0.29) is 12.1 Å². The number of nitrogens with two attached hydrogens (primary N) is 1. The molecule has 0 fully saturated rings. The van der Waals surface area contributed by atoms with Crippen molar-refractivity contribution in [2.75, 3.05) is 7.11 Å². The first-order valence-corrected chi connectivity index (χ1v) is 6.84. The van der Waals surface area contributed by atoms with Gasteiger partial charge in [-0.2, -0.15) is 0 Å². The SMILES string of the molecule is CCCCCC1CC(N)c2ccc(OC)cc2O1. The lowest BCUT2D eigenvalue weighted by molar-refractivity contribution is 0.146. The molecule has 0 spiro atoms. The van der Waals surface area contributed by atoms with E-state index in [1.807, 2.05) is 18.2 Å². The molecule has 1 heterocycles. The minimum absolute atomic E-state index is 0.0892. The molecule has 3 heteroatoms. The van der Waals surface area contributed by atoms with Gasteiger partial charge in [0.25, 0.3) is 0 Å². The van der Waals surface area contributed by atoms with E-state index in [4.69, 9.17) is 15.2 Å². The second-order valence-electron chi connectivity index (χ2n) is 4.98. The first-order valence-electron chi connectivity index (χ1n) is 6.84. The summed E-state index contributed by atoms with van der Waals surface area (Å²) in [6.45, 7) is 2.22. The van der Waals surface area contributed by atoms with Gasteiger partial charge in [-0.05, 0) is 18.9 Å². The Balaban J connectivity index is 2.06. The van der Waals surface area contributed by atoms with E-state index in [0.29, 0.717) is 0 Å². The van der Waals surface area contributed by atoms with Crippen molar-refractivity contribution < 1.29 is 9.47 Å². The number of hydrogen-bond acceptors (Lipinski definition) is 3. The largest absolute Gasteiger partial charge is 0.497 e. The topological polar surface area (TPSA) is 44.5 Å². The molecule has 0 bridgehead atoms. The first-order chi connectivity index (χ1) is 8.74. The van der Waals surface area contributed by atoms with Gasteiger partial charge < -0.3 is 15.2 Å². The summed E-state index contributed by atoms with van der Waals surface area (Å²) in [7, 11) is 1.67. The van der Waals surface area contributed by atoms with Gasteiger partial charge in [0.2, 0.25) is 0 Å². The highest BCUT2D eigenvalue weighted by Gasteiger charge is 2.25. The fourth-order valence-corrected chi connectivity index (χ4v) is 2.49. The van der Waals surface area contributed by atoms with Crippen LogP contribution in [0.2, 0.25) is 0 Å². The van der Waals surface area contributed by atoms with Crippen molar-refractivity contribution in [3.63, 3.8) is 0 Å². The second-order valence-corrected chi connectivity index (χ2v) is 4.98. The van der Waals surface area contributed by atoms with Gasteiger partial charge in [-0.25, -0.2) is 0 Å². The van der Waals surface area contributed by atoms with Crippen molar-refractivity contribution in [1.29, 1.82) is 0 Å². The summed E-state index contributed by atoms with van der Waals surface area (Å²) < 4.78 is 11.3. The van der Waals surface area contributed by atoms with Crippen molar-refractivity contribution in [2.24, 2.45) is 5.73 Å². The maximum Gasteiger partial charge on any atom is 0.128 e. The van der Waals surface area contributed by atoms with Crippen LogP contribution in [0.1, 0.15) is 50.6 Å². The van der Waals surface area contributed by atoms with Crippen molar-refractivity contribution in [3.8, 4) is 11.5 Å². The second kappa shape index (κ2) is 6.10. The molecule has 0 radical (unpaired) electrons. The summed E-state index contributed by atoms with van der Waals surface area (Å²) in [5.74, 6) is 1.73. The Kier molecular flexibility index (Phi) is 4.48. The van der Waals surface area contributed by atoms with Crippen molar-refractivity contribution >= 4 is 0 Å². The molecule has 0 saturated carbocycles. The normalized spacial score (nSPS) is 22.2. The highest BCUT2D eigenvalue weighted by atomic mass is 16.5. The number of hydrogen-bond donors (Lipinski definition) is 1. The maximum absolute atomic E-state index is 6.21. The van der Waals surface area contributed by atoms with Crippen LogP contribution >= 0.6 is 0 Å². The quantitative estimate of drug-likeness (QED) is 0.813. The summed E-state index contributed by atoms with van der Waals surface area (Å²) in [5, 5.41) is 0. The number of methoxy groups -OCH3 is 1. The lowest BCUT2D eigenvalue weighted by Crippen LogP contribution is -2.29. The van der Waals surface area contributed by atoms with Crippen LogP contribution in [-0.2, 0) is 0 Å². The lowest BCUT2D eigenvalue weighted by atomic mass is 9.94. The molecule has 100 valence electrons. The van der Waals surface area contributed by atoms with Gasteiger partial charge in [-0.15, -0.1) is 0 Å². The molecule has 1 aliphatic heterocycles. The molecular formula is C15H23NO2. The molecule has 2 rings (SSSR count). The Morgan fingerprint density at radius 2 is 2.22 bits per heavy atom. The van der Waals surface area contributed by atoms with E-state index in [1.54, 1.807) is 7.11 Å². The highest BCUT2D eigenvalue weighted by Crippen LogP contribution is 2.37. The fraction of sp³-hybridized carbons (Fsp3) is 0.600. The number of fused-ring (bicyclic) bond motifs is 1. The van der Waals surface area contributed by atoms with Gasteiger partial charge in [-0.3, -0.25) is 0 Å². The van der Waals surface area contributed by atoms with Crippen LogP contribution < -0.4 is 15.2 Å². The van der Waals surface area contributed by atoms with Crippen molar-refractivity contribution in [2.45, 2.75) is 51.2 Å². The van der Waals surface area contributed by atoms with E-state index in [9.17, 15) is 0 Å². The monoisotopic (exact) mass is 249 g/mol. The molecule has 2 unspecified atom stereocenters. The fourth-order valence-electron chi connectivity index (χ4n) is 2.49. The molecule has 0 saturated heterocycles.